The summed E-state index contributed by atoms with van der Waals surface area (Å²) in [4.78, 5) is 16.7. The molecule has 6 nitrogen and oxygen atoms in total. The SMILES string of the molecule is CN(CCNc1c(Br)cncc1[N+](=O)[O-])C1CCCC1. The van der Waals surface area contributed by atoms with E-state index in [0.29, 0.717) is 22.7 Å². The quantitative estimate of drug-likeness (QED) is 0.635. The Bertz CT molecular complexity index is 477. The maximum atomic E-state index is 11.0. The van der Waals surface area contributed by atoms with Gasteiger partial charge in [0.05, 0.1) is 9.40 Å². The Hall–Kier alpha value is -1.21. The van der Waals surface area contributed by atoms with E-state index in [1.807, 2.05) is 0 Å². The molecule has 0 amide bonds. The average molecular weight is 343 g/mol. The van der Waals surface area contributed by atoms with Crippen LogP contribution in [0.4, 0.5) is 11.4 Å². The van der Waals surface area contributed by atoms with Crippen molar-refractivity contribution in [3.8, 4) is 0 Å². The zero-order valence-electron chi connectivity index (χ0n) is 11.5. The highest BCUT2D eigenvalue weighted by Gasteiger charge is 2.20. The molecule has 0 saturated heterocycles. The van der Waals surface area contributed by atoms with Gasteiger partial charge in [-0.3, -0.25) is 15.1 Å². The molecular weight excluding hydrogens is 324 g/mol. The molecule has 1 heterocycles. The first-order valence-electron chi connectivity index (χ1n) is 6.81. The van der Waals surface area contributed by atoms with Crippen LogP contribution in [0.15, 0.2) is 16.9 Å². The molecule has 1 aliphatic carbocycles. The molecule has 20 heavy (non-hydrogen) atoms. The largest absolute Gasteiger partial charge is 0.377 e. The zero-order valence-corrected chi connectivity index (χ0v) is 13.1. The van der Waals surface area contributed by atoms with Crippen molar-refractivity contribution in [1.82, 2.24) is 9.88 Å². The summed E-state index contributed by atoms with van der Waals surface area (Å²) in [5.41, 5.74) is 0.507. The highest BCUT2D eigenvalue weighted by Crippen LogP contribution is 2.30. The van der Waals surface area contributed by atoms with Gasteiger partial charge in [0.15, 0.2) is 0 Å². The molecule has 0 aromatic carbocycles. The van der Waals surface area contributed by atoms with Crippen LogP contribution in [0.3, 0.4) is 0 Å². The number of rotatable bonds is 6. The molecule has 1 N–H and O–H groups in total. The lowest BCUT2D eigenvalue weighted by molar-refractivity contribution is -0.384. The average Bonchev–Trinajstić information content (AvgIpc) is 2.94. The molecule has 1 fully saturated rings. The van der Waals surface area contributed by atoms with Crippen molar-refractivity contribution in [3.63, 3.8) is 0 Å². The second-order valence-electron chi connectivity index (χ2n) is 5.12. The Kier molecular flexibility index (Phi) is 5.31. The predicted octanol–water partition coefficient (Wildman–Crippen LogP) is 3.04. The van der Waals surface area contributed by atoms with Crippen molar-refractivity contribution in [3.05, 3.63) is 27.0 Å². The van der Waals surface area contributed by atoms with E-state index in [0.717, 1.165) is 6.54 Å². The van der Waals surface area contributed by atoms with E-state index in [1.165, 1.54) is 31.9 Å². The second kappa shape index (κ2) is 6.99. The topological polar surface area (TPSA) is 71.3 Å². The lowest BCUT2D eigenvalue weighted by Gasteiger charge is -2.24. The minimum Gasteiger partial charge on any atom is -0.377 e. The molecule has 0 radical (unpaired) electrons. The molecule has 7 heteroatoms. The summed E-state index contributed by atoms with van der Waals surface area (Å²) in [6.45, 7) is 1.55. The first-order valence-corrected chi connectivity index (χ1v) is 7.61. The van der Waals surface area contributed by atoms with Gasteiger partial charge in [-0.1, -0.05) is 12.8 Å². The standard InChI is InChI=1S/C13H19BrN4O2/c1-17(10-4-2-3-5-10)7-6-16-13-11(14)8-15-9-12(13)18(19)20/h8-10H,2-7H2,1H3,(H,15,16). The van der Waals surface area contributed by atoms with Gasteiger partial charge in [0, 0.05) is 25.3 Å². The van der Waals surface area contributed by atoms with Crippen molar-refractivity contribution in [2.45, 2.75) is 31.7 Å². The third-order valence-corrected chi connectivity index (χ3v) is 4.39. The fourth-order valence-electron chi connectivity index (χ4n) is 2.62. The molecule has 1 aromatic rings. The van der Waals surface area contributed by atoms with Gasteiger partial charge in [0.1, 0.15) is 11.9 Å². The number of hydrogen-bond acceptors (Lipinski definition) is 5. The first kappa shape index (κ1) is 15.2. The molecule has 110 valence electrons. The van der Waals surface area contributed by atoms with E-state index < -0.39 is 4.92 Å². The van der Waals surface area contributed by atoms with Crippen molar-refractivity contribution in [2.24, 2.45) is 0 Å². The predicted molar refractivity (Wildman–Crippen MR) is 82.0 cm³/mol. The minimum atomic E-state index is -0.416. The number of anilines is 1. The smallest absolute Gasteiger partial charge is 0.311 e. The van der Waals surface area contributed by atoms with Gasteiger partial charge >= 0.3 is 5.69 Å². The molecule has 1 saturated carbocycles. The first-order chi connectivity index (χ1) is 9.59. The highest BCUT2D eigenvalue weighted by molar-refractivity contribution is 9.10. The van der Waals surface area contributed by atoms with Gasteiger partial charge in [-0.2, -0.15) is 0 Å². The Labute approximate surface area is 126 Å². The van der Waals surface area contributed by atoms with Crippen molar-refractivity contribution < 1.29 is 4.92 Å². The molecular formula is C13H19BrN4O2. The van der Waals surface area contributed by atoms with E-state index in [4.69, 9.17) is 0 Å². The van der Waals surface area contributed by atoms with Crippen LogP contribution in [0.25, 0.3) is 0 Å². The molecule has 0 bridgehead atoms. The van der Waals surface area contributed by atoms with Gasteiger partial charge < -0.3 is 10.2 Å². The normalized spacial score (nSPS) is 15.8. The van der Waals surface area contributed by atoms with Gasteiger partial charge in [-0.05, 0) is 35.8 Å². The Morgan fingerprint density at radius 2 is 2.20 bits per heavy atom. The summed E-state index contributed by atoms with van der Waals surface area (Å²) in [6, 6.07) is 0.660. The second-order valence-corrected chi connectivity index (χ2v) is 5.97. The van der Waals surface area contributed by atoms with Crippen LogP contribution in [0.2, 0.25) is 0 Å². The summed E-state index contributed by atoms with van der Waals surface area (Å²) in [7, 11) is 2.12. The summed E-state index contributed by atoms with van der Waals surface area (Å²) < 4.78 is 0.621. The number of halogens is 1. The van der Waals surface area contributed by atoms with E-state index in [-0.39, 0.29) is 5.69 Å². The van der Waals surface area contributed by atoms with Gasteiger partial charge in [-0.15, -0.1) is 0 Å². The summed E-state index contributed by atoms with van der Waals surface area (Å²) in [6.07, 6.45) is 7.97. The van der Waals surface area contributed by atoms with Crippen LogP contribution in [-0.4, -0.2) is 41.0 Å². The van der Waals surface area contributed by atoms with Crippen molar-refractivity contribution >= 4 is 27.3 Å². The maximum absolute atomic E-state index is 11.0. The Balaban J connectivity index is 1.92. The summed E-state index contributed by atoms with van der Waals surface area (Å²) in [5.74, 6) is 0. The van der Waals surface area contributed by atoms with Crippen LogP contribution >= 0.6 is 15.9 Å². The van der Waals surface area contributed by atoms with Gasteiger partial charge in [-0.25, -0.2) is 0 Å². The Morgan fingerprint density at radius 3 is 2.85 bits per heavy atom. The van der Waals surface area contributed by atoms with E-state index in [9.17, 15) is 10.1 Å². The molecule has 0 spiro atoms. The van der Waals surface area contributed by atoms with E-state index in [2.05, 4.69) is 38.2 Å². The third kappa shape index (κ3) is 3.67. The molecule has 0 atom stereocenters. The molecule has 1 aliphatic rings. The third-order valence-electron chi connectivity index (χ3n) is 3.79. The molecule has 0 unspecified atom stereocenters. The number of nitrogens with one attached hydrogen (secondary N) is 1. The number of pyridine rings is 1. The van der Waals surface area contributed by atoms with Gasteiger partial charge in [0.25, 0.3) is 0 Å². The molecule has 0 aliphatic heterocycles. The Morgan fingerprint density at radius 1 is 1.50 bits per heavy atom. The number of aromatic nitrogens is 1. The lowest BCUT2D eigenvalue weighted by Crippen LogP contribution is -2.33. The van der Waals surface area contributed by atoms with Crippen molar-refractivity contribution in [1.29, 1.82) is 0 Å². The van der Waals surface area contributed by atoms with Crippen LogP contribution in [0, 0.1) is 10.1 Å². The summed E-state index contributed by atoms with van der Waals surface area (Å²) in [5, 5.41) is 14.1. The van der Waals surface area contributed by atoms with Crippen LogP contribution in [-0.2, 0) is 0 Å². The van der Waals surface area contributed by atoms with Crippen molar-refractivity contribution in [2.75, 3.05) is 25.5 Å². The van der Waals surface area contributed by atoms with E-state index >= 15 is 0 Å². The van der Waals surface area contributed by atoms with Crippen LogP contribution in [0.5, 0.6) is 0 Å². The maximum Gasteiger partial charge on any atom is 0.311 e. The molecule has 1 aromatic heterocycles. The van der Waals surface area contributed by atoms with Gasteiger partial charge in [0.2, 0.25) is 0 Å². The minimum absolute atomic E-state index is 0.00268. The number of nitro groups is 1. The number of hydrogen-bond donors (Lipinski definition) is 1. The lowest BCUT2D eigenvalue weighted by atomic mass is 10.2. The number of nitrogens with zero attached hydrogens (tertiary/aromatic N) is 3. The van der Waals surface area contributed by atoms with Crippen LogP contribution < -0.4 is 5.32 Å². The zero-order chi connectivity index (χ0) is 14.5. The van der Waals surface area contributed by atoms with Crippen LogP contribution in [0.1, 0.15) is 25.7 Å². The monoisotopic (exact) mass is 342 g/mol. The summed E-state index contributed by atoms with van der Waals surface area (Å²) >= 11 is 3.31. The highest BCUT2D eigenvalue weighted by atomic mass is 79.9. The fourth-order valence-corrected chi connectivity index (χ4v) is 3.08. The number of likely N-dealkylation sites (N-methyl/N-ethyl adjacent to an activating group) is 1. The fraction of sp³-hybridized carbons (Fsp3) is 0.615. The van der Waals surface area contributed by atoms with E-state index in [1.54, 1.807) is 6.20 Å². The molecule has 2 rings (SSSR count).